The predicted octanol–water partition coefficient (Wildman–Crippen LogP) is 3.70. The van der Waals surface area contributed by atoms with Gasteiger partial charge < -0.3 is 9.80 Å². The second kappa shape index (κ2) is 8.03. The van der Waals surface area contributed by atoms with Crippen molar-refractivity contribution in [2.45, 2.75) is 52.9 Å². The van der Waals surface area contributed by atoms with E-state index in [0.29, 0.717) is 13.1 Å². The van der Waals surface area contributed by atoms with Crippen molar-refractivity contribution in [3.63, 3.8) is 0 Å². The third-order valence-corrected chi connectivity index (χ3v) is 5.20. The third kappa shape index (κ3) is 4.62. The second-order valence-electron chi connectivity index (χ2n) is 7.90. The Morgan fingerprint density at radius 3 is 2.00 bits per heavy atom. The van der Waals surface area contributed by atoms with Crippen molar-refractivity contribution in [1.29, 1.82) is 0 Å². The number of carbonyl (C=O) groups is 2. The van der Waals surface area contributed by atoms with E-state index in [0.717, 1.165) is 31.5 Å². The Hall–Kier alpha value is -1.84. The first-order valence-electron chi connectivity index (χ1n) is 9.46. The smallest absolute Gasteiger partial charge is 0.253 e. The second-order valence-corrected chi connectivity index (χ2v) is 7.90. The minimum atomic E-state index is 0.0622. The molecule has 0 aromatic heterocycles. The number of amides is 2. The van der Waals surface area contributed by atoms with Crippen molar-refractivity contribution in [1.82, 2.24) is 9.80 Å². The number of hydrogen-bond acceptors (Lipinski definition) is 2. The van der Waals surface area contributed by atoms with Gasteiger partial charge in [0.15, 0.2) is 0 Å². The summed E-state index contributed by atoms with van der Waals surface area (Å²) in [4.78, 5) is 29.0. The Bertz CT molecular complexity index is 589. The maximum absolute atomic E-state index is 12.7. The highest BCUT2D eigenvalue weighted by atomic mass is 16.2. The molecule has 1 aliphatic rings. The van der Waals surface area contributed by atoms with E-state index in [1.165, 1.54) is 5.56 Å². The van der Waals surface area contributed by atoms with Crippen LogP contribution in [0, 0.1) is 5.92 Å². The van der Waals surface area contributed by atoms with Gasteiger partial charge in [-0.25, -0.2) is 0 Å². The number of piperidine rings is 1. The molecule has 0 saturated carbocycles. The molecule has 1 fully saturated rings. The summed E-state index contributed by atoms with van der Waals surface area (Å²) in [6, 6.07) is 7.94. The summed E-state index contributed by atoms with van der Waals surface area (Å²) < 4.78 is 0. The predicted molar refractivity (Wildman–Crippen MR) is 102 cm³/mol. The van der Waals surface area contributed by atoms with Crippen LogP contribution < -0.4 is 0 Å². The average Bonchev–Trinajstić information content (AvgIpc) is 2.61. The molecule has 0 bridgehead atoms. The molecule has 1 aromatic rings. The van der Waals surface area contributed by atoms with Crippen LogP contribution in [-0.4, -0.2) is 47.8 Å². The van der Waals surface area contributed by atoms with E-state index in [2.05, 4.69) is 20.8 Å². The van der Waals surface area contributed by atoms with Gasteiger partial charge in [0.25, 0.3) is 5.91 Å². The molecule has 0 atom stereocenters. The van der Waals surface area contributed by atoms with Crippen molar-refractivity contribution in [3.8, 4) is 0 Å². The Morgan fingerprint density at radius 1 is 1.04 bits per heavy atom. The first-order valence-corrected chi connectivity index (χ1v) is 9.46. The molecule has 0 spiro atoms. The standard InChI is InChI=1S/C21H32N2O2/c1-6-22(7-2)19(24)17-12-14-23(15-13-17)20(25)16-8-10-18(11-9-16)21(3,4)5/h8-11,17H,6-7,12-15H2,1-5H3. The molecule has 2 amide bonds. The maximum Gasteiger partial charge on any atom is 0.253 e. The lowest BCUT2D eigenvalue weighted by atomic mass is 9.86. The molecule has 1 saturated heterocycles. The molecular formula is C21H32N2O2. The van der Waals surface area contributed by atoms with Crippen molar-refractivity contribution in [3.05, 3.63) is 35.4 Å². The van der Waals surface area contributed by atoms with Gasteiger partial charge in [0.1, 0.15) is 0 Å². The Kier molecular flexibility index (Phi) is 6.26. The summed E-state index contributed by atoms with van der Waals surface area (Å²) in [5.74, 6) is 0.382. The van der Waals surface area contributed by atoms with Crippen LogP contribution in [0.1, 0.15) is 63.4 Å². The molecule has 25 heavy (non-hydrogen) atoms. The number of hydrogen-bond donors (Lipinski definition) is 0. The van der Waals surface area contributed by atoms with Gasteiger partial charge in [0.05, 0.1) is 0 Å². The first-order chi connectivity index (χ1) is 11.8. The van der Waals surface area contributed by atoms with Crippen LogP contribution in [0.2, 0.25) is 0 Å². The molecule has 1 aromatic carbocycles. The lowest BCUT2D eigenvalue weighted by Gasteiger charge is -2.34. The molecule has 0 N–H and O–H groups in total. The summed E-state index contributed by atoms with van der Waals surface area (Å²) in [7, 11) is 0. The SMILES string of the molecule is CCN(CC)C(=O)C1CCN(C(=O)c2ccc(C(C)(C)C)cc2)CC1. The van der Waals surface area contributed by atoms with Crippen LogP contribution >= 0.6 is 0 Å². The topological polar surface area (TPSA) is 40.6 Å². The summed E-state index contributed by atoms with van der Waals surface area (Å²) in [6.45, 7) is 13.4. The van der Waals surface area contributed by atoms with E-state index in [4.69, 9.17) is 0 Å². The molecule has 138 valence electrons. The number of nitrogens with zero attached hydrogens (tertiary/aromatic N) is 2. The molecule has 0 radical (unpaired) electrons. The highest BCUT2D eigenvalue weighted by Crippen LogP contribution is 2.24. The fourth-order valence-electron chi connectivity index (χ4n) is 3.42. The molecule has 4 nitrogen and oxygen atoms in total. The van der Waals surface area contributed by atoms with Crippen LogP contribution in [0.15, 0.2) is 24.3 Å². The zero-order chi connectivity index (χ0) is 18.6. The number of likely N-dealkylation sites (tertiary alicyclic amines) is 1. The van der Waals surface area contributed by atoms with Gasteiger partial charge in [-0.1, -0.05) is 32.9 Å². The molecule has 0 aliphatic carbocycles. The van der Waals surface area contributed by atoms with Crippen molar-refractivity contribution in [2.24, 2.45) is 5.92 Å². The zero-order valence-corrected chi connectivity index (χ0v) is 16.3. The molecule has 1 aliphatic heterocycles. The van der Waals surface area contributed by atoms with Crippen molar-refractivity contribution < 1.29 is 9.59 Å². The van der Waals surface area contributed by atoms with Crippen LogP contribution in [-0.2, 0) is 10.2 Å². The van der Waals surface area contributed by atoms with E-state index >= 15 is 0 Å². The van der Waals surface area contributed by atoms with Gasteiger partial charge in [-0.15, -0.1) is 0 Å². The van der Waals surface area contributed by atoms with Gasteiger partial charge >= 0.3 is 0 Å². The van der Waals surface area contributed by atoms with Crippen molar-refractivity contribution >= 4 is 11.8 Å². The minimum Gasteiger partial charge on any atom is -0.343 e. The molecule has 0 unspecified atom stereocenters. The van der Waals surface area contributed by atoms with E-state index in [-0.39, 0.29) is 23.1 Å². The monoisotopic (exact) mass is 344 g/mol. The minimum absolute atomic E-state index is 0.0622. The van der Waals surface area contributed by atoms with Gasteiger partial charge in [-0.2, -0.15) is 0 Å². The summed E-state index contributed by atoms with van der Waals surface area (Å²) in [5.41, 5.74) is 2.05. The highest BCUT2D eigenvalue weighted by molar-refractivity contribution is 5.94. The fourth-order valence-corrected chi connectivity index (χ4v) is 3.42. The Morgan fingerprint density at radius 2 is 1.56 bits per heavy atom. The van der Waals surface area contributed by atoms with Gasteiger partial charge in [0, 0.05) is 37.7 Å². The van der Waals surface area contributed by atoms with Crippen molar-refractivity contribution in [2.75, 3.05) is 26.2 Å². The van der Waals surface area contributed by atoms with E-state index in [1.807, 2.05) is 47.9 Å². The van der Waals surface area contributed by atoms with Crippen LogP contribution in [0.4, 0.5) is 0 Å². The van der Waals surface area contributed by atoms with Gasteiger partial charge in [0.2, 0.25) is 5.91 Å². The van der Waals surface area contributed by atoms with E-state index < -0.39 is 0 Å². The lowest BCUT2D eigenvalue weighted by molar-refractivity contribution is -0.136. The first kappa shape index (κ1) is 19.5. The lowest BCUT2D eigenvalue weighted by Crippen LogP contribution is -2.44. The normalized spacial score (nSPS) is 16.0. The van der Waals surface area contributed by atoms with Gasteiger partial charge in [-0.3, -0.25) is 9.59 Å². The average molecular weight is 344 g/mol. The molecule has 4 heteroatoms. The van der Waals surface area contributed by atoms with E-state index in [9.17, 15) is 9.59 Å². The summed E-state index contributed by atoms with van der Waals surface area (Å²) >= 11 is 0. The quantitative estimate of drug-likeness (QED) is 0.835. The van der Waals surface area contributed by atoms with Crippen LogP contribution in [0.3, 0.4) is 0 Å². The van der Waals surface area contributed by atoms with Crippen LogP contribution in [0.25, 0.3) is 0 Å². The molecule has 1 heterocycles. The Labute approximate surface area is 152 Å². The fraction of sp³-hybridized carbons (Fsp3) is 0.619. The summed E-state index contributed by atoms with van der Waals surface area (Å²) in [6.07, 6.45) is 1.53. The Balaban J connectivity index is 1.96. The molecule has 2 rings (SSSR count). The number of rotatable bonds is 4. The number of benzene rings is 1. The van der Waals surface area contributed by atoms with Gasteiger partial charge in [-0.05, 0) is 49.8 Å². The number of carbonyl (C=O) groups excluding carboxylic acids is 2. The molecular weight excluding hydrogens is 312 g/mol. The third-order valence-electron chi connectivity index (χ3n) is 5.20. The zero-order valence-electron chi connectivity index (χ0n) is 16.3. The maximum atomic E-state index is 12.7. The summed E-state index contributed by atoms with van der Waals surface area (Å²) in [5, 5.41) is 0. The van der Waals surface area contributed by atoms with E-state index in [1.54, 1.807) is 0 Å². The van der Waals surface area contributed by atoms with Crippen LogP contribution in [0.5, 0.6) is 0 Å². The largest absolute Gasteiger partial charge is 0.343 e. The highest BCUT2D eigenvalue weighted by Gasteiger charge is 2.29.